The summed E-state index contributed by atoms with van der Waals surface area (Å²) in [5.41, 5.74) is 0. The van der Waals surface area contributed by atoms with Crippen molar-refractivity contribution >= 4 is 11.7 Å². The Balaban J connectivity index is 4.11. The van der Waals surface area contributed by atoms with E-state index < -0.39 is 0 Å². The summed E-state index contributed by atoms with van der Waals surface area (Å²) in [5.74, 6) is 0.0380. The maximum absolute atomic E-state index is 11.2. The van der Waals surface area contributed by atoms with E-state index in [4.69, 9.17) is 0 Å². The summed E-state index contributed by atoms with van der Waals surface area (Å²) in [5, 5.41) is 2.59. The van der Waals surface area contributed by atoms with Gasteiger partial charge in [-0.2, -0.15) is 0 Å². The van der Waals surface area contributed by atoms with Crippen LogP contribution in [0.25, 0.3) is 0 Å². The summed E-state index contributed by atoms with van der Waals surface area (Å²) in [6.45, 7) is 5.85. The highest BCUT2D eigenvalue weighted by Crippen LogP contribution is 2.03. The Morgan fingerprint density at radius 2 is 1.86 bits per heavy atom. The first-order valence-electron chi connectivity index (χ1n) is 4.82. The van der Waals surface area contributed by atoms with Crippen LogP contribution in [-0.2, 0) is 9.59 Å². The molecule has 0 saturated heterocycles. The number of ketones is 1. The van der Waals surface area contributed by atoms with Crippen LogP contribution in [0.15, 0.2) is 0 Å². The molecule has 0 aliphatic carbocycles. The van der Waals surface area contributed by atoms with E-state index in [2.05, 4.69) is 5.32 Å². The van der Waals surface area contributed by atoms with Gasteiger partial charge in [0.05, 0.1) is 6.04 Å². The lowest BCUT2D eigenvalue weighted by molar-refractivity contribution is -0.126. The van der Waals surface area contributed by atoms with Crippen molar-refractivity contribution in [2.45, 2.75) is 26.8 Å². The second kappa shape index (κ2) is 5.75. The molecule has 0 aromatic rings. The van der Waals surface area contributed by atoms with E-state index in [1.54, 1.807) is 14.0 Å². The van der Waals surface area contributed by atoms with Gasteiger partial charge in [-0.25, -0.2) is 0 Å². The van der Waals surface area contributed by atoms with Crippen LogP contribution in [0.2, 0.25) is 0 Å². The third-order valence-electron chi connectivity index (χ3n) is 2.51. The van der Waals surface area contributed by atoms with Crippen LogP contribution in [0.3, 0.4) is 0 Å². The molecule has 0 aromatic carbocycles. The van der Waals surface area contributed by atoms with E-state index in [1.807, 2.05) is 25.8 Å². The topological polar surface area (TPSA) is 49.4 Å². The van der Waals surface area contributed by atoms with E-state index in [1.165, 1.54) is 0 Å². The number of amides is 1. The molecule has 0 radical (unpaired) electrons. The molecule has 4 nitrogen and oxygen atoms in total. The smallest absolute Gasteiger partial charge is 0.223 e. The summed E-state index contributed by atoms with van der Waals surface area (Å²) in [7, 11) is 3.47. The standard InChI is InChI=1S/C10H20N2O2/c1-7(10(14)11-4)6-12(5)8(2)9(3)13/h7-8H,6H2,1-5H3,(H,11,14). The fourth-order valence-corrected chi connectivity index (χ4v) is 1.23. The normalized spacial score (nSPS) is 15.0. The molecule has 0 saturated carbocycles. The van der Waals surface area contributed by atoms with Crippen molar-refractivity contribution in [2.75, 3.05) is 20.6 Å². The maximum atomic E-state index is 11.2. The zero-order valence-electron chi connectivity index (χ0n) is 9.63. The average Bonchev–Trinajstić information content (AvgIpc) is 2.14. The van der Waals surface area contributed by atoms with Crippen molar-refractivity contribution in [1.29, 1.82) is 0 Å². The minimum absolute atomic E-state index is 0.00704. The van der Waals surface area contributed by atoms with Crippen LogP contribution in [0.4, 0.5) is 0 Å². The number of hydrogen-bond donors (Lipinski definition) is 1. The highest BCUT2D eigenvalue weighted by Gasteiger charge is 2.19. The highest BCUT2D eigenvalue weighted by atomic mass is 16.1. The van der Waals surface area contributed by atoms with E-state index in [0.717, 1.165) is 0 Å². The van der Waals surface area contributed by atoms with Crippen LogP contribution < -0.4 is 5.32 Å². The third kappa shape index (κ3) is 3.87. The van der Waals surface area contributed by atoms with Gasteiger partial charge in [-0.1, -0.05) is 6.92 Å². The molecule has 0 fully saturated rings. The first-order valence-corrected chi connectivity index (χ1v) is 4.82. The fraction of sp³-hybridized carbons (Fsp3) is 0.800. The molecule has 0 aromatic heterocycles. The van der Waals surface area contributed by atoms with Crippen molar-refractivity contribution < 1.29 is 9.59 Å². The van der Waals surface area contributed by atoms with Gasteiger partial charge < -0.3 is 5.32 Å². The molecule has 14 heavy (non-hydrogen) atoms. The van der Waals surface area contributed by atoms with E-state index in [-0.39, 0.29) is 23.7 Å². The van der Waals surface area contributed by atoms with Crippen molar-refractivity contribution in [2.24, 2.45) is 5.92 Å². The number of carbonyl (C=O) groups is 2. The second-order valence-corrected chi connectivity index (χ2v) is 3.74. The van der Waals surface area contributed by atoms with Gasteiger partial charge >= 0.3 is 0 Å². The summed E-state index contributed by atoms with van der Waals surface area (Å²) in [4.78, 5) is 24.2. The van der Waals surface area contributed by atoms with Gasteiger partial charge in [0.25, 0.3) is 0 Å². The monoisotopic (exact) mass is 200 g/mol. The number of Topliss-reactive ketones (excluding diaryl/α,β-unsaturated/α-hetero) is 1. The van der Waals surface area contributed by atoms with Crippen molar-refractivity contribution in [3.05, 3.63) is 0 Å². The number of nitrogens with one attached hydrogen (secondary N) is 1. The zero-order chi connectivity index (χ0) is 11.3. The second-order valence-electron chi connectivity index (χ2n) is 3.74. The quantitative estimate of drug-likeness (QED) is 0.693. The van der Waals surface area contributed by atoms with Crippen LogP contribution in [-0.4, -0.2) is 43.3 Å². The highest BCUT2D eigenvalue weighted by molar-refractivity contribution is 5.81. The third-order valence-corrected chi connectivity index (χ3v) is 2.51. The molecule has 1 amide bonds. The molecule has 0 rings (SSSR count). The molecule has 0 spiro atoms. The molecule has 0 aliphatic rings. The number of nitrogens with zero attached hydrogens (tertiary/aromatic N) is 1. The van der Waals surface area contributed by atoms with Gasteiger partial charge in [-0.15, -0.1) is 0 Å². The van der Waals surface area contributed by atoms with Crippen LogP contribution in [0, 0.1) is 5.92 Å². The van der Waals surface area contributed by atoms with Crippen LogP contribution >= 0.6 is 0 Å². The number of rotatable bonds is 5. The number of hydrogen-bond acceptors (Lipinski definition) is 3. The molecular formula is C10H20N2O2. The van der Waals surface area contributed by atoms with Gasteiger partial charge in [0.15, 0.2) is 0 Å². The van der Waals surface area contributed by atoms with Gasteiger partial charge in [0.1, 0.15) is 5.78 Å². The molecule has 82 valence electrons. The first kappa shape index (κ1) is 13.1. The lowest BCUT2D eigenvalue weighted by Crippen LogP contribution is -2.41. The van der Waals surface area contributed by atoms with Gasteiger partial charge in [-0.3, -0.25) is 14.5 Å². The minimum Gasteiger partial charge on any atom is -0.359 e. The maximum Gasteiger partial charge on any atom is 0.223 e. The van der Waals surface area contributed by atoms with Crippen LogP contribution in [0.5, 0.6) is 0 Å². The molecule has 0 heterocycles. The first-order chi connectivity index (χ1) is 6.40. The molecular weight excluding hydrogens is 180 g/mol. The molecule has 2 atom stereocenters. The Morgan fingerprint density at radius 3 is 2.21 bits per heavy atom. The predicted molar refractivity (Wildman–Crippen MR) is 56.0 cm³/mol. The summed E-state index contributed by atoms with van der Waals surface area (Å²) in [6, 6.07) is -0.123. The molecule has 2 unspecified atom stereocenters. The lowest BCUT2D eigenvalue weighted by atomic mass is 10.1. The van der Waals surface area contributed by atoms with Gasteiger partial charge in [0, 0.05) is 19.5 Å². The summed E-state index contributed by atoms with van der Waals surface area (Å²) in [6.07, 6.45) is 0. The van der Waals surface area contributed by atoms with E-state index in [9.17, 15) is 9.59 Å². The minimum atomic E-state index is -0.123. The van der Waals surface area contributed by atoms with Crippen molar-refractivity contribution in [3.8, 4) is 0 Å². The van der Waals surface area contributed by atoms with Gasteiger partial charge in [0.2, 0.25) is 5.91 Å². The Kier molecular flexibility index (Phi) is 5.38. The van der Waals surface area contributed by atoms with Crippen LogP contribution in [0.1, 0.15) is 20.8 Å². The van der Waals surface area contributed by atoms with Crippen molar-refractivity contribution in [3.63, 3.8) is 0 Å². The summed E-state index contributed by atoms with van der Waals surface area (Å²) >= 11 is 0. The SMILES string of the molecule is CNC(=O)C(C)CN(C)C(C)C(C)=O. The predicted octanol–water partition coefficient (Wildman–Crippen LogP) is 0.278. The Bertz CT molecular complexity index is 216. The number of carbonyl (C=O) groups excluding carboxylic acids is 2. The Labute approximate surface area is 85.7 Å². The molecule has 4 heteroatoms. The molecule has 1 N–H and O–H groups in total. The van der Waals surface area contributed by atoms with E-state index >= 15 is 0 Å². The molecule has 0 bridgehead atoms. The zero-order valence-corrected chi connectivity index (χ0v) is 9.63. The van der Waals surface area contributed by atoms with Crippen molar-refractivity contribution in [1.82, 2.24) is 10.2 Å². The fourth-order valence-electron chi connectivity index (χ4n) is 1.23. The molecule has 0 aliphatic heterocycles. The average molecular weight is 200 g/mol. The Morgan fingerprint density at radius 1 is 1.36 bits per heavy atom. The van der Waals surface area contributed by atoms with Gasteiger partial charge in [-0.05, 0) is 20.9 Å². The largest absolute Gasteiger partial charge is 0.359 e. The Hall–Kier alpha value is -0.900. The number of likely N-dealkylation sites (N-methyl/N-ethyl adjacent to an activating group) is 1. The lowest BCUT2D eigenvalue weighted by Gasteiger charge is -2.24. The van der Waals surface area contributed by atoms with E-state index in [0.29, 0.717) is 6.54 Å². The summed E-state index contributed by atoms with van der Waals surface area (Å²) < 4.78 is 0.